The number of hydrogen-bond acceptors (Lipinski definition) is 4. The van der Waals surface area contributed by atoms with E-state index in [1.165, 1.54) is 0 Å². The van der Waals surface area contributed by atoms with Crippen LogP contribution in [0.1, 0.15) is 6.42 Å². The molecule has 0 aliphatic carbocycles. The largest absolute Gasteiger partial charge is 0.380 e. The van der Waals surface area contributed by atoms with Gasteiger partial charge in [-0.1, -0.05) is 23.4 Å². The Bertz CT molecular complexity index is 337. The average molecular weight is 245 g/mol. The average Bonchev–Trinajstić information content (AvgIpc) is 2.24. The van der Waals surface area contributed by atoms with Gasteiger partial charge in [0.2, 0.25) is 0 Å². The van der Waals surface area contributed by atoms with E-state index in [2.05, 4.69) is 4.98 Å². The molecule has 0 amide bonds. The molecule has 2 unspecified atom stereocenters. The van der Waals surface area contributed by atoms with Gasteiger partial charge in [0.25, 0.3) is 0 Å². The maximum Gasteiger partial charge on any atom is 0.115 e. The van der Waals surface area contributed by atoms with Crippen LogP contribution < -0.4 is 5.73 Å². The molecule has 1 aliphatic rings. The Morgan fingerprint density at radius 3 is 3.20 bits per heavy atom. The van der Waals surface area contributed by atoms with E-state index in [4.69, 9.17) is 22.1 Å². The van der Waals surface area contributed by atoms with E-state index in [0.717, 1.165) is 18.1 Å². The first-order valence-electron chi connectivity index (χ1n) is 4.88. The molecule has 1 saturated heterocycles. The van der Waals surface area contributed by atoms with Gasteiger partial charge in [0, 0.05) is 24.1 Å². The topological polar surface area (TPSA) is 48.1 Å². The fraction of sp³-hybridized carbons (Fsp3) is 0.500. The van der Waals surface area contributed by atoms with E-state index < -0.39 is 0 Å². The molecule has 1 aromatic heterocycles. The standard InChI is InChI=1S/C10H13ClN2OS/c11-7-2-1-4-13-10(7)15-9-6-14-5-3-8(9)12/h1-2,4,8-9H,3,5-6,12H2. The number of nitrogens with zero attached hydrogens (tertiary/aromatic N) is 1. The SMILES string of the molecule is NC1CCOCC1Sc1ncccc1Cl. The summed E-state index contributed by atoms with van der Waals surface area (Å²) in [4.78, 5) is 4.23. The molecule has 0 saturated carbocycles. The molecule has 3 nitrogen and oxygen atoms in total. The zero-order valence-electron chi connectivity index (χ0n) is 8.23. The van der Waals surface area contributed by atoms with E-state index in [1.807, 2.05) is 12.1 Å². The van der Waals surface area contributed by atoms with Gasteiger partial charge in [-0.25, -0.2) is 4.98 Å². The number of thioether (sulfide) groups is 1. The van der Waals surface area contributed by atoms with Gasteiger partial charge < -0.3 is 10.5 Å². The lowest BCUT2D eigenvalue weighted by molar-refractivity contribution is 0.0915. The second-order valence-electron chi connectivity index (χ2n) is 3.47. The fourth-order valence-electron chi connectivity index (χ4n) is 1.45. The summed E-state index contributed by atoms with van der Waals surface area (Å²) in [6.45, 7) is 1.44. The van der Waals surface area contributed by atoms with Crippen LogP contribution in [-0.4, -0.2) is 29.5 Å². The van der Waals surface area contributed by atoms with Gasteiger partial charge in [-0.15, -0.1) is 0 Å². The van der Waals surface area contributed by atoms with Crippen molar-refractivity contribution in [3.63, 3.8) is 0 Å². The second-order valence-corrected chi connectivity index (χ2v) is 5.11. The van der Waals surface area contributed by atoms with Gasteiger partial charge in [0.15, 0.2) is 0 Å². The smallest absolute Gasteiger partial charge is 0.115 e. The van der Waals surface area contributed by atoms with E-state index in [0.29, 0.717) is 11.6 Å². The van der Waals surface area contributed by atoms with Crippen molar-refractivity contribution in [3.05, 3.63) is 23.4 Å². The third-order valence-electron chi connectivity index (χ3n) is 2.34. The Kier molecular flexibility index (Phi) is 3.86. The number of ether oxygens (including phenoxy) is 1. The van der Waals surface area contributed by atoms with Crippen molar-refractivity contribution in [2.24, 2.45) is 5.73 Å². The summed E-state index contributed by atoms with van der Waals surface area (Å²) in [5.74, 6) is 0. The molecule has 2 N–H and O–H groups in total. The molecular weight excluding hydrogens is 232 g/mol. The molecule has 2 heterocycles. The van der Waals surface area contributed by atoms with Crippen LogP contribution in [0.25, 0.3) is 0 Å². The molecule has 0 aromatic carbocycles. The third kappa shape index (κ3) is 2.84. The number of nitrogens with two attached hydrogens (primary N) is 1. The molecule has 1 aliphatic heterocycles. The summed E-state index contributed by atoms with van der Waals surface area (Å²) in [7, 11) is 0. The van der Waals surface area contributed by atoms with Crippen molar-refractivity contribution in [1.29, 1.82) is 0 Å². The van der Waals surface area contributed by atoms with Crippen LogP contribution in [0.4, 0.5) is 0 Å². The highest BCUT2D eigenvalue weighted by atomic mass is 35.5. The molecule has 5 heteroatoms. The molecule has 0 bridgehead atoms. The van der Waals surface area contributed by atoms with Crippen LogP contribution in [0.5, 0.6) is 0 Å². The molecule has 0 radical (unpaired) electrons. The van der Waals surface area contributed by atoms with E-state index in [1.54, 1.807) is 18.0 Å². The summed E-state index contributed by atoms with van der Waals surface area (Å²) in [6.07, 6.45) is 2.64. The lowest BCUT2D eigenvalue weighted by Gasteiger charge is -2.27. The first-order valence-corrected chi connectivity index (χ1v) is 6.13. The molecular formula is C10H13ClN2OS. The number of pyridine rings is 1. The van der Waals surface area contributed by atoms with Gasteiger partial charge in [-0.3, -0.25) is 0 Å². The van der Waals surface area contributed by atoms with Crippen molar-refractivity contribution in [2.45, 2.75) is 22.7 Å². The van der Waals surface area contributed by atoms with Crippen LogP contribution in [-0.2, 0) is 4.74 Å². The van der Waals surface area contributed by atoms with Gasteiger partial charge in [0.1, 0.15) is 5.03 Å². The summed E-state index contributed by atoms with van der Waals surface area (Å²) in [5.41, 5.74) is 6.01. The Labute approximate surface area is 98.3 Å². The molecule has 2 rings (SSSR count). The van der Waals surface area contributed by atoms with E-state index in [9.17, 15) is 0 Å². The Morgan fingerprint density at radius 2 is 2.47 bits per heavy atom. The maximum atomic E-state index is 6.03. The quantitative estimate of drug-likeness (QED) is 0.864. The predicted molar refractivity (Wildman–Crippen MR) is 62.3 cm³/mol. The molecule has 2 atom stereocenters. The monoisotopic (exact) mass is 244 g/mol. The first-order chi connectivity index (χ1) is 7.27. The van der Waals surface area contributed by atoms with Crippen LogP contribution in [0.2, 0.25) is 5.02 Å². The highest BCUT2D eigenvalue weighted by molar-refractivity contribution is 8.00. The summed E-state index contributed by atoms with van der Waals surface area (Å²) < 4.78 is 5.39. The van der Waals surface area contributed by atoms with E-state index >= 15 is 0 Å². The Morgan fingerprint density at radius 1 is 1.60 bits per heavy atom. The highest BCUT2D eigenvalue weighted by Gasteiger charge is 2.24. The minimum atomic E-state index is 0.168. The second kappa shape index (κ2) is 5.16. The molecule has 0 spiro atoms. The lowest BCUT2D eigenvalue weighted by Crippen LogP contribution is -2.40. The first kappa shape index (κ1) is 11.2. The molecule has 15 heavy (non-hydrogen) atoms. The minimum Gasteiger partial charge on any atom is -0.380 e. The van der Waals surface area contributed by atoms with Gasteiger partial charge in [-0.2, -0.15) is 0 Å². The third-order valence-corrected chi connectivity index (χ3v) is 4.10. The fourth-order valence-corrected chi connectivity index (χ4v) is 2.77. The number of halogens is 1. The maximum absolute atomic E-state index is 6.03. The number of hydrogen-bond donors (Lipinski definition) is 1. The van der Waals surface area contributed by atoms with Gasteiger partial charge >= 0.3 is 0 Å². The normalized spacial score (nSPS) is 26.5. The molecule has 82 valence electrons. The number of rotatable bonds is 2. The minimum absolute atomic E-state index is 0.168. The number of aromatic nitrogens is 1. The van der Waals surface area contributed by atoms with Crippen molar-refractivity contribution >= 4 is 23.4 Å². The van der Waals surface area contributed by atoms with Crippen molar-refractivity contribution in [2.75, 3.05) is 13.2 Å². The zero-order chi connectivity index (χ0) is 10.7. The van der Waals surface area contributed by atoms with E-state index in [-0.39, 0.29) is 11.3 Å². The van der Waals surface area contributed by atoms with Crippen LogP contribution >= 0.6 is 23.4 Å². The highest BCUT2D eigenvalue weighted by Crippen LogP contribution is 2.31. The Hall–Kier alpha value is -0.290. The molecule has 1 fully saturated rings. The predicted octanol–water partition coefficient (Wildman–Crippen LogP) is 1.94. The lowest BCUT2D eigenvalue weighted by atomic mass is 10.1. The zero-order valence-corrected chi connectivity index (χ0v) is 9.80. The van der Waals surface area contributed by atoms with Crippen molar-refractivity contribution in [1.82, 2.24) is 4.98 Å². The van der Waals surface area contributed by atoms with Gasteiger partial charge in [0.05, 0.1) is 11.6 Å². The Balaban J connectivity index is 2.04. The van der Waals surface area contributed by atoms with Crippen molar-refractivity contribution < 1.29 is 4.74 Å². The van der Waals surface area contributed by atoms with Crippen LogP contribution in [0.15, 0.2) is 23.4 Å². The van der Waals surface area contributed by atoms with Crippen LogP contribution in [0, 0.1) is 0 Å². The van der Waals surface area contributed by atoms with Crippen LogP contribution in [0.3, 0.4) is 0 Å². The summed E-state index contributed by atoms with van der Waals surface area (Å²) >= 11 is 7.63. The summed E-state index contributed by atoms with van der Waals surface area (Å²) in [6, 6.07) is 3.83. The molecule has 1 aromatic rings. The van der Waals surface area contributed by atoms with Gasteiger partial charge in [-0.05, 0) is 18.6 Å². The van der Waals surface area contributed by atoms with Crippen molar-refractivity contribution in [3.8, 4) is 0 Å². The summed E-state index contributed by atoms with van der Waals surface area (Å²) in [5, 5.41) is 1.77.